The molecule has 1 aromatic rings. The lowest BCUT2D eigenvalue weighted by atomic mass is 9.94. The molecule has 1 saturated carbocycles. The molecule has 0 bridgehead atoms. The molecule has 1 heterocycles. The first-order valence-electron chi connectivity index (χ1n) is 8.13. The highest BCUT2D eigenvalue weighted by molar-refractivity contribution is 5.16. The van der Waals surface area contributed by atoms with E-state index in [1.54, 1.807) is 0 Å². The SMILES string of the molecule is CC(C)CNCc1ccoc1CN(C)C1CCCCC1. The summed E-state index contributed by atoms with van der Waals surface area (Å²) in [5, 5.41) is 3.50. The van der Waals surface area contributed by atoms with Crippen molar-refractivity contribution in [2.24, 2.45) is 5.92 Å². The predicted octanol–water partition coefficient (Wildman–Crippen LogP) is 3.79. The van der Waals surface area contributed by atoms with Gasteiger partial charge in [-0.2, -0.15) is 0 Å². The van der Waals surface area contributed by atoms with Gasteiger partial charge in [-0.3, -0.25) is 4.90 Å². The summed E-state index contributed by atoms with van der Waals surface area (Å²) in [5.41, 5.74) is 1.31. The van der Waals surface area contributed by atoms with Gasteiger partial charge >= 0.3 is 0 Å². The summed E-state index contributed by atoms with van der Waals surface area (Å²) in [6.45, 7) is 7.39. The van der Waals surface area contributed by atoms with Crippen LogP contribution >= 0.6 is 0 Å². The molecule has 0 aliphatic heterocycles. The minimum Gasteiger partial charge on any atom is -0.468 e. The molecule has 0 amide bonds. The molecule has 114 valence electrons. The van der Waals surface area contributed by atoms with Gasteiger partial charge in [0, 0.05) is 18.2 Å². The van der Waals surface area contributed by atoms with E-state index in [2.05, 4.69) is 37.2 Å². The first-order valence-corrected chi connectivity index (χ1v) is 8.13. The van der Waals surface area contributed by atoms with E-state index >= 15 is 0 Å². The van der Waals surface area contributed by atoms with Gasteiger partial charge < -0.3 is 9.73 Å². The number of rotatable bonds is 7. The van der Waals surface area contributed by atoms with Crippen molar-refractivity contribution in [1.29, 1.82) is 0 Å². The van der Waals surface area contributed by atoms with Crippen molar-refractivity contribution in [2.75, 3.05) is 13.6 Å². The topological polar surface area (TPSA) is 28.4 Å². The van der Waals surface area contributed by atoms with E-state index in [9.17, 15) is 0 Å². The molecule has 0 radical (unpaired) electrons. The third-order valence-corrected chi connectivity index (χ3v) is 4.30. The van der Waals surface area contributed by atoms with Gasteiger partial charge in [0.2, 0.25) is 0 Å². The van der Waals surface area contributed by atoms with Crippen molar-refractivity contribution in [3.05, 3.63) is 23.7 Å². The van der Waals surface area contributed by atoms with Gasteiger partial charge in [0.05, 0.1) is 12.8 Å². The standard InChI is InChI=1S/C17H30N2O/c1-14(2)11-18-12-15-9-10-20-17(15)13-19(3)16-7-5-4-6-8-16/h9-10,14,16,18H,4-8,11-13H2,1-3H3. The maximum Gasteiger partial charge on any atom is 0.122 e. The largest absolute Gasteiger partial charge is 0.468 e. The van der Waals surface area contributed by atoms with E-state index in [4.69, 9.17) is 4.42 Å². The Kier molecular flexibility index (Phi) is 6.11. The summed E-state index contributed by atoms with van der Waals surface area (Å²) in [6, 6.07) is 2.85. The number of nitrogens with one attached hydrogen (secondary N) is 1. The van der Waals surface area contributed by atoms with Crippen LogP contribution in [0.5, 0.6) is 0 Å². The molecule has 0 saturated heterocycles. The molecule has 0 spiro atoms. The Morgan fingerprint density at radius 1 is 1.30 bits per heavy atom. The molecule has 1 aliphatic rings. The van der Waals surface area contributed by atoms with Crippen molar-refractivity contribution < 1.29 is 4.42 Å². The highest BCUT2D eigenvalue weighted by atomic mass is 16.3. The number of furan rings is 1. The van der Waals surface area contributed by atoms with Crippen LogP contribution in [0.2, 0.25) is 0 Å². The first-order chi connectivity index (χ1) is 9.66. The second-order valence-corrected chi connectivity index (χ2v) is 6.60. The van der Waals surface area contributed by atoms with Crippen LogP contribution in [0, 0.1) is 5.92 Å². The van der Waals surface area contributed by atoms with E-state index in [0.717, 1.165) is 31.4 Å². The Morgan fingerprint density at radius 3 is 2.75 bits per heavy atom. The minimum absolute atomic E-state index is 0.690. The summed E-state index contributed by atoms with van der Waals surface area (Å²) >= 11 is 0. The minimum atomic E-state index is 0.690. The van der Waals surface area contributed by atoms with Crippen LogP contribution in [0.4, 0.5) is 0 Å². The Bertz CT molecular complexity index is 380. The Balaban J connectivity index is 1.84. The Morgan fingerprint density at radius 2 is 2.05 bits per heavy atom. The van der Waals surface area contributed by atoms with Crippen molar-refractivity contribution >= 4 is 0 Å². The highest BCUT2D eigenvalue weighted by Gasteiger charge is 2.19. The molecular formula is C17H30N2O. The van der Waals surface area contributed by atoms with E-state index < -0.39 is 0 Å². The highest BCUT2D eigenvalue weighted by Crippen LogP contribution is 2.23. The quantitative estimate of drug-likeness (QED) is 0.822. The monoisotopic (exact) mass is 278 g/mol. The van der Waals surface area contributed by atoms with E-state index in [-0.39, 0.29) is 0 Å². The second kappa shape index (κ2) is 7.84. The Hall–Kier alpha value is -0.800. The van der Waals surface area contributed by atoms with Gasteiger partial charge in [0.1, 0.15) is 5.76 Å². The zero-order valence-electron chi connectivity index (χ0n) is 13.3. The third-order valence-electron chi connectivity index (χ3n) is 4.30. The van der Waals surface area contributed by atoms with Crippen molar-refractivity contribution in [2.45, 2.75) is 65.1 Å². The Labute approximate surface area is 123 Å². The lowest BCUT2D eigenvalue weighted by molar-refractivity contribution is 0.172. The fraction of sp³-hybridized carbons (Fsp3) is 0.765. The summed E-state index contributed by atoms with van der Waals surface area (Å²) in [6.07, 6.45) is 8.70. The normalized spacial score (nSPS) is 17.2. The fourth-order valence-corrected chi connectivity index (χ4v) is 3.04. The molecule has 3 nitrogen and oxygen atoms in total. The van der Waals surface area contributed by atoms with Gasteiger partial charge in [-0.15, -0.1) is 0 Å². The average molecular weight is 278 g/mol. The molecule has 20 heavy (non-hydrogen) atoms. The zero-order chi connectivity index (χ0) is 14.4. The summed E-state index contributed by atoms with van der Waals surface area (Å²) in [7, 11) is 2.24. The van der Waals surface area contributed by atoms with Crippen LogP contribution in [0.3, 0.4) is 0 Å². The molecule has 0 aromatic carbocycles. The maximum absolute atomic E-state index is 5.70. The first kappa shape index (κ1) is 15.6. The van der Waals surface area contributed by atoms with Gasteiger partial charge in [-0.05, 0) is 38.4 Å². The van der Waals surface area contributed by atoms with Crippen LogP contribution < -0.4 is 5.32 Å². The third kappa shape index (κ3) is 4.64. The number of hydrogen-bond acceptors (Lipinski definition) is 3. The predicted molar refractivity (Wildman–Crippen MR) is 83.6 cm³/mol. The van der Waals surface area contributed by atoms with Crippen LogP contribution in [0.15, 0.2) is 16.7 Å². The molecule has 3 heteroatoms. The van der Waals surface area contributed by atoms with E-state index in [1.165, 1.54) is 37.7 Å². The van der Waals surface area contributed by atoms with Crippen molar-refractivity contribution in [3.8, 4) is 0 Å². The summed E-state index contributed by atoms with van der Waals surface area (Å²) in [4.78, 5) is 2.48. The smallest absolute Gasteiger partial charge is 0.122 e. The summed E-state index contributed by atoms with van der Waals surface area (Å²) < 4.78 is 5.70. The molecule has 1 N–H and O–H groups in total. The van der Waals surface area contributed by atoms with Crippen molar-refractivity contribution in [3.63, 3.8) is 0 Å². The van der Waals surface area contributed by atoms with Crippen LogP contribution in [0.1, 0.15) is 57.3 Å². The zero-order valence-corrected chi connectivity index (χ0v) is 13.3. The van der Waals surface area contributed by atoms with Gasteiger partial charge in [0.25, 0.3) is 0 Å². The van der Waals surface area contributed by atoms with E-state index in [0.29, 0.717) is 5.92 Å². The molecule has 0 unspecified atom stereocenters. The lowest BCUT2D eigenvalue weighted by Gasteiger charge is -2.30. The average Bonchev–Trinajstić information content (AvgIpc) is 2.87. The number of nitrogens with zero attached hydrogens (tertiary/aromatic N) is 1. The maximum atomic E-state index is 5.70. The van der Waals surface area contributed by atoms with Gasteiger partial charge in [0.15, 0.2) is 0 Å². The van der Waals surface area contributed by atoms with Crippen LogP contribution in [-0.2, 0) is 13.1 Å². The molecular weight excluding hydrogens is 248 g/mol. The van der Waals surface area contributed by atoms with Crippen molar-refractivity contribution in [1.82, 2.24) is 10.2 Å². The lowest BCUT2D eigenvalue weighted by Crippen LogP contribution is -2.33. The van der Waals surface area contributed by atoms with Gasteiger partial charge in [-0.25, -0.2) is 0 Å². The number of hydrogen-bond donors (Lipinski definition) is 1. The molecule has 1 aromatic heterocycles. The van der Waals surface area contributed by atoms with Gasteiger partial charge in [-0.1, -0.05) is 33.1 Å². The summed E-state index contributed by atoms with van der Waals surface area (Å²) in [5.74, 6) is 1.82. The van der Waals surface area contributed by atoms with Crippen LogP contribution in [-0.4, -0.2) is 24.5 Å². The molecule has 0 atom stereocenters. The molecule has 1 fully saturated rings. The second-order valence-electron chi connectivity index (χ2n) is 6.60. The van der Waals surface area contributed by atoms with E-state index in [1.807, 2.05) is 6.26 Å². The fourth-order valence-electron chi connectivity index (χ4n) is 3.04. The van der Waals surface area contributed by atoms with Crippen LogP contribution in [0.25, 0.3) is 0 Å². The molecule has 2 rings (SSSR count). The molecule has 1 aliphatic carbocycles.